The van der Waals surface area contributed by atoms with Gasteiger partial charge in [0.15, 0.2) is 0 Å². The molecule has 0 spiro atoms. The van der Waals surface area contributed by atoms with E-state index in [1.165, 1.54) is 0 Å². The Labute approximate surface area is 130 Å². The lowest BCUT2D eigenvalue weighted by Crippen LogP contribution is -2.40. The third-order valence-corrected chi connectivity index (χ3v) is 3.74. The average Bonchev–Trinajstić information content (AvgIpc) is 2.82. The lowest BCUT2D eigenvalue weighted by molar-refractivity contribution is 0.227. The van der Waals surface area contributed by atoms with Gasteiger partial charge in [-0.15, -0.1) is 0 Å². The van der Waals surface area contributed by atoms with Gasteiger partial charge in [0.25, 0.3) is 0 Å². The molecule has 1 aromatic heterocycles. The van der Waals surface area contributed by atoms with Gasteiger partial charge in [0.05, 0.1) is 6.04 Å². The number of aryl methyl sites for hydroxylation is 1. The van der Waals surface area contributed by atoms with E-state index < -0.39 is 0 Å². The molecule has 1 atom stereocenters. The molecule has 1 heterocycles. The predicted octanol–water partition coefficient (Wildman–Crippen LogP) is 3.12. The summed E-state index contributed by atoms with van der Waals surface area (Å²) in [6.45, 7) is 6.63. The molecule has 0 aliphatic rings. The Morgan fingerprint density at radius 3 is 2.68 bits per heavy atom. The van der Waals surface area contributed by atoms with Crippen molar-refractivity contribution in [3.05, 3.63) is 35.6 Å². The fourth-order valence-electron chi connectivity index (χ4n) is 2.50. The van der Waals surface area contributed by atoms with Gasteiger partial charge in [-0.05, 0) is 25.3 Å². The average molecular weight is 304 g/mol. The number of nitrogens with one attached hydrogen (secondary N) is 2. The summed E-state index contributed by atoms with van der Waals surface area (Å²) in [7, 11) is 0. The second kappa shape index (κ2) is 7.31. The third-order valence-electron chi connectivity index (χ3n) is 3.74. The van der Waals surface area contributed by atoms with Gasteiger partial charge < -0.3 is 20.2 Å². The van der Waals surface area contributed by atoms with Crippen LogP contribution in [-0.4, -0.2) is 24.3 Å². The van der Waals surface area contributed by atoms with Gasteiger partial charge in [-0.2, -0.15) is 0 Å². The molecule has 0 fully saturated rings. The largest absolute Gasteiger partial charge is 0.459 e. The van der Waals surface area contributed by atoms with E-state index >= 15 is 0 Å². The number of urea groups is 1. The molecule has 2 aromatic rings. The van der Waals surface area contributed by atoms with Gasteiger partial charge in [-0.25, -0.2) is 4.79 Å². The van der Waals surface area contributed by atoms with E-state index in [4.69, 9.17) is 9.52 Å². The van der Waals surface area contributed by atoms with Crippen molar-refractivity contribution < 1.29 is 14.3 Å². The van der Waals surface area contributed by atoms with Crippen LogP contribution in [0.5, 0.6) is 0 Å². The van der Waals surface area contributed by atoms with Crippen LogP contribution in [0.3, 0.4) is 0 Å². The minimum Gasteiger partial charge on any atom is -0.459 e. The number of amides is 2. The number of carbonyl (C=O) groups excluding carboxylic acids is 1. The highest BCUT2D eigenvalue weighted by atomic mass is 16.3. The molecule has 2 amide bonds. The zero-order valence-electron chi connectivity index (χ0n) is 13.3. The fourth-order valence-corrected chi connectivity index (χ4v) is 2.50. The van der Waals surface area contributed by atoms with E-state index in [0.717, 1.165) is 22.3 Å². The minimum absolute atomic E-state index is 0.0660. The number of carbonyl (C=O) groups is 1. The summed E-state index contributed by atoms with van der Waals surface area (Å²) in [5.41, 5.74) is 1.90. The quantitative estimate of drug-likeness (QED) is 0.718. The van der Waals surface area contributed by atoms with Crippen molar-refractivity contribution in [2.24, 2.45) is 5.92 Å². The first kappa shape index (κ1) is 16.4. The number of aliphatic hydroxyl groups is 1. The topological polar surface area (TPSA) is 74.5 Å². The van der Waals surface area contributed by atoms with Crippen LogP contribution in [0.25, 0.3) is 11.0 Å². The highest BCUT2D eigenvalue weighted by molar-refractivity contribution is 5.82. The predicted molar refractivity (Wildman–Crippen MR) is 86.8 cm³/mol. The first-order valence-electron chi connectivity index (χ1n) is 7.67. The maximum Gasteiger partial charge on any atom is 0.315 e. The van der Waals surface area contributed by atoms with E-state index in [1.807, 2.05) is 45.0 Å². The van der Waals surface area contributed by atoms with Crippen molar-refractivity contribution in [2.75, 3.05) is 13.2 Å². The fraction of sp³-hybridized carbons (Fsp3) is 0.471. The molecule has 2 rings (SSSR count). The number of hydrogen-bond acceptors (Lipinski definition) is 3. The molecule has 22 heavy (non-hydrogen) atoms. The normalized spacial score (nSPS) is 12.6. The zero-order valence-corrected chi connectivity index (χ0v) is 13.3. The van der Waals surface area contributed by atoms with Crippen molar-refractivity contribution in [1.29, 1.82) is 0 Å². The van der Waals surface area contributed by atoms with Crippen LogP contribution >= 0.6 is 0 Å². The number of rotatable bonds is 6. The highest BCUT2D eigenvalue weighted by Gasteiger charge is 2.24. The second-order valence-electron chi connectivity index (χ2n) is 5.79. The lowest BCUT2D eigenvalue weighted by atomic mass is 9.98. The molecule has 5 heteroatoms. The van der Waals surface area contributed by atoms with Crippen LogP contribution in [0.1, 0.15) is 37.6 Å². The van der Waals surface area contributed by atoms with E-state index in [9.17, 15) is 4.79 Å². The van der Waals surface area contributed by atoms with Crippen LogP contribution in [0.2, 0.25) is 0 Å². The first-order valence-corrected chi connectivity index (χ1v) is 7.67. The van der Waals surface area contributed by atoms with Crippen molar-refractivity contribution in [1.82, 2.24) is 10.6 Å². The number of furan rings is 1. The number of aliphatic hydroxyl groups excluding tert-OH is 1. The lowest BCUT2D eigenvalue weighted by Gasteiger charge is -2.21. The molecule has 1 aromatic carbocycles. The van der Waals surface area contributed by atoms with Crippen LogP contribution in [0, 0.1) is 12.8 Å². The molecule has 0 saturated carbocycles. The molecule has 120 valence electrons. The monoisotopic (exact) mass is 304 g/mol. The van der Waals surface area contributed by atoms with Crippen molar-refractivity contribution in [2.45, 2.75) is 33.2 Å². The summed E-state index contributed by atoms with van der Waals surface area (Å²) < 4.78 is 5.97. The molecule has 5 nitrogen and oxygen atoms in total. The van der Waals surface area contributed by atoms with Crippen LogP contribution in [0.15, 0.2) is 28.7 Å². The van der Waals surface area contributed by atoms with Crippen LogP contribution < -0.4 is 10.6 Å². The molecule has 0 saturated heterocycles. The van der Waals surface area contributed by atoms with E-state index in [-0.39, 0.29) is 24.6 Å². The standard InChI is InChI=1S/C17H24N2O3/c1-11(2)15(19-17(21)18-9-6-10-20)16-12(3)13-7-4-5-8-14(13)22-16/h4-5,7-8,11,15,20H,6,9-10H2,1-3H3,(H2,18,19,21). The second-order valence-corrected chi connectivity index (χ2v) is 5.79. The maximum absolute atomic E-state index is 12.0. The summed E-state index contributed by atoms with van der Waals surface area (Å²) in [4.78, 5) is 12.0. The molecule has 3 N–H and O–H groups in total. The van der Waals surface area contributed by atoms with E-state index in [2.05, 4.69) is 10.6 Å². The van der Waals surface area contributed by atoms with Gasteiger partial charge in [0.1, 0.15) is 11.3 Å². The first-order chi connectivity index (χ1) is 10.5. The highest BCUT2D eigenvalue weighted by Crippen LogP contribution is 2.32. The molecule has 0 radical (unpaired) electrons. The SMILES string of the molecule is Cc1c(C(NC(=O)NCCCO)C(C)C)oc2ccccc12. The Kier molecular flexibility index (Phi) is 5.44. The molecule has 0 bridgehead atoms. The summed E-state index contributed by atoms with van der Waals surface area (Å²) in [6.07, 6.45) is 0.545. The Hall–Kier alpha value is -2.01. The molecular weight excluding hydrogens is 280 g/mol. The summed E-state index contributed by atoms with van der Waals surface area (Å²) in [5.74, 6) is 0.997. The van der Waals surface area contributed by atoms with Crippen LogP contribution in [0.4, 0.5) is 4.79 Å². The van der Waals surface area contributed by atoms with Crippen LogP contribution in [-0.2, 0) is 0 Å². The Morgan fingerprint density at radius 1 is 1.32 bits per heavy atom. The molecular formula is C17H24N2O3. The van der Waals surface area contributed by atoms with Crippen molar-refractivity contribution >= 4 is 17.0 Å². The number of benzene rings is 1. The van der Waals surface area contributed by atoms with E-state index in [0.29, 0.717) is 13.0 Å². The third kappa shape index (κ3) is 3.60. The summed E-state index contributed by atoms with van der Waals surface area (Å²) in [5, 5.41) is 15.5. The zero-order chi connectivity index (χ0) is 16.1. The summed E-state index contributed by atoms with van der Waals surface area (Å²) >= 11 is 0. The smallest absolute Gasteiger partial charge is 0.315 e. The minimum atomic E-state index is -0.244. The molecule has 1 unspecified atom stereocenters. The van der Waals surface area contributed by atoms with Crippen molar-refractivity contribution in [3.8, 4) is 0 Å². The van der Waals surface area contributed by atoms with Gasteiger partial charge in [-0.1, -0.05) is 32.0 Å². The van der Waals surface area contributed by atoms with Gasteiger partial charge in [-0.3, -0.25) is 0 Å². The Morgan fingerprint density at radius 2 is 2.05 bits per heavy atom. The number of para-hydroxylation sites is 1. The number of hydrogen-bond donors (Lipinski definition) is 3. The maximum atomic E-state index is 12.0. The van der Waals surface area contributed by atoms with E-state index in [1.54, 1.807) is 0 Å². The van der Waals surface area contributed by atoms with Gasteiger partial charge >= 0.3 is 6.03 Å². The Balaban J connectivity index is 2.19. The summed E-state index contributed by atoms with van der Waals surface area (Å²) in [6, 6.07) is 7.44. The van der Waals surface area contributed by atoms with Crippen molar-refractivity contribution in [3.63, 3.8) is 0 Å². The van der Waals surface area contributed by atoms with Gasteiger partial charge in [0, 0.05) is 24.1 Å². The van der Waals surface area contributed by atoms with Gasteiger partial charge in [0.2, 0.25) is 0 Å². The number of fused-ring (bicyclic) bond motifs is 1. The Bertz CT molecular complexity index is 634. The molecule has 0 aliphatic carbocycles. The molecule has 0 aliphatic heterocycles.